The summed E-state index contributed by atoms with van der Waals surface area (Å²) < 4.78 is 42.5. The number of nitro groups is 1. The van der Waals surface area contributed by atoms with E-state index in [9.17, 15) is 28.1 Å². The highest BCUT2D eigenvalue weighted by atomic mass is 19.4. The van der Waals surface area contributed by atoms with Crippen molar-refractivity contribution in [1.82, 2.24) is 0 Å². The van der Waals surface area contributed by atoms with Gasteiger partial charge in [-0.3, -0.25) is 14.9 Å². The number of alkyl halides is 3. The van der Waals surface area contributed by atoms with Gasteiger partial charge >= 0.3 is 6.18 Å². The number of halogens is 3. The van der Waals surface area contributed by atoms with Gasteiger partial charge in [-0.05, 0) is 19.1 Å². The smallest absolute Gasteiger partial charge is 0.368 e. The monoisotopic (exact) mass is 320 g/mol. The minimum absolute atomic E-state index is 0.186. The lowest BCUT2D eigenvalue weighted by molar-refractivity contribution is -0.384. The molecule has 1 atom stereocenters. The Labute approximate surface area is 124 Å². The molecule has 0 aromatic heterocycles. The molecule has 0 fully saturated rings. The van der Waals surface area contributed by atoms with Crippen LogP contribution in [0.25, 0.3) is 0 Å². The van der Waals surface area contributed by atoms with Crippen LogP contribution in [0.4, 0.5) is 24.5 Å². The number of methoxy groups -OCH3 is 1. The van der Waals surface area contributed by atoms with E-state index in [-0.39, 0.29) is 11.4 Å². The summed E-state index contributed by atoms with van der Waals surface area (Å²) in [7, 11) is 2.30. The maximum absolute atomic E-state index is 12.6. The molecule has 0 spiro atoms. The first kappa shape index (κ1) is 17.9. The fourth-order valence-corrected chi connectivity index (χ4v) is 1.89. The number of carbonyl (C=O) groups excluding carboxylic acids is 1. The zero-order valence-electron chi connectivity index (χ0n) is 12.2. The van der Waals surface area contributed by atoms with E-state index in [2.05, 4.69) is 0 Å². The van der Waals surface area contributed by atoms with Crippen molar-refractivity contribution in [2.24, 2.45) is 0 Å². The Bertz CT molecular complexity index is 559. The molecule has 0 aliphatic heterocycles. The molecule has 1 aromatic rings. The third-order valence-corrected chi connectivity index (χ3v) is 3.19. The molecular formula is C13H15F3N2O4. The number of rotatable bonds is 5. The number of amides is 1. The Morgan fingerprint density at radius 3 is 2.18 bits per heavy atom. The molecule has 9 heteroatoms. The molecule has 1 aromatic carbocycles. The normalized spacial score (nSPS) is 14.3. The first-order chi connectivity index (χ1) is 10.00. The summed E-state index contributed by atoms with van der Waals surface area (Å²) in [6.07, 6.45) is -6.01. The van der Waals surface area contributed by atoms with Crippen LogP contribution in [0.1, 0.15) is 13.3 Å². The molecule has 0 N–H and O–H groups in total. The molecule has 0 bridgehead atoms. The highest BCUT2D eigenvalue weighted by Crippen LogP contribution is 2.32. The molecule has 22 heavy (non-hydrogen) atoms. The van der Waals surface area contributed by atoms with Crippen molar-refractivity contribution < 1.29 is 27.6 Å². The standard InChI is InChI=1S/C13H15F3N2O4/c1-12(22-3,8-13(14,15)16)11(19)17(2)9-4-6-10(7-5-9)18(20)21/h4-7H,8H2,1-3H3. The number of benzene rings is 1. The Morgan fingerprint density at radius 1 is 1.32 bits per heavy atom. The van der Waals surface area contributed by atoms with Crippen LogP contribution in [-0.4, -0.2) is 36.8 Å². The molecule has 1 unspecified atom stereocenters. The van der Waals surface area contributed by atoms with Crippen molar-refractivity contribution in [3.8, 4) is 0 Å². The van der Waals surface area contributed by atoms with Crippen LogP contribution >= 0.6 is 0 Å². The van der Waals surface area contributed by atoms with E-state index in [1.165, 1.54) is 19.2 Å². The molecule has 6 nitrogen and oxygen atoms in total. The van der Waals surface area contributed by atoms with Crippen LogP contribution in [0.2, 0.25) is 0 Å². The minimum atomic E-state index is -4.57. The largest absolute Gasteiger partial charge is 0.392 e. The molecule has 1 amide bonds. The van der Waals surface area contributed by atoms with Crippen LogP contribution < -0.4 is 4.90 Å². The van der Waals surface area contributed by atoms with E-state index in [0.717, 1.165) is 31.1 Å². The molecule has 0 radical (unpaired) electrons. The van der Waals surface area contributed by atoms with Gasteiger partial charge in [0.25, 0.3) is 11.6 Å². The Morgan fingerprint density at radius 2 is 1.82 bits per heavy atom. The zero-order chi connectivity index (χ0) is 17.1. The van der Waals surface area contributed by atoms with Crippen molar-refractivity contribution in [2.75, 3.05) is 19.1 Å². The van der Waals surface area contributed by atoms with Crippen LogP contribution in [0.5, 0.6) is 0 Å². The predicted octanol–water partition coefficient (Wildman–Crippen LogP) is 2.92. The average molecular weight is 320 g/mol. The number of hydrogen-bond acceptors (Lipinski definition) is 4. The number of anilines is 1. The molecule has 0 heterocycles. The summed E-state index contributed by atoms with van der Waals surface area (Å²) in [5.41, 5.74) is -2.04. The fourth-order valence-electron chi connectivity index (χ4n) is 1.89. The van der Waals surface area contributed by atoms with Crippen LogP contribution in [-0.2, 0) is 9.53 Å². The lowest BCUT2D eigenvalue weighted by Gasteiger charge is -2.32. The van der Waals surface area contributed by atoms with Gasteiger partial charge in [-0.1, -0.05) is 0 Å². The van der Waals surface area contributed by atoms with Crippen molar-refractivity contribution in [2.45, 2.75) is 25.1 Å². The SMILES string of the molecule is COC(C)(CC(F)(F)F)C(=O)N(C)c1ccc([N+](=O)[O-])cc1. The number of ether oxygens (including phenoxy) is 1. The van der Waals surface area contributed by atoms with Gasteiger partial charge in [0.15, 0.2) is 5.60 Å². The third kappa shape index (κ3) is 4.17. The summed E-state index contributed by atoms with van der Waals surface area (Å²) in [5, 5.41) is 10.6. The number of nitrogens with zero attached hydrogens (tertiary/aromatic N) is 2. The van der Waals surface area contributed by atoms with Gasteiger partial charge in [-0.25, -0.2) is 0 Å². The van der Waals surface area contributed by atoms with Gasteiger partial charge in [-0.2, -0.15) is 13.2 Å². The highest BCUT2D eigenvalue weighted by Gasteiger charge is 2.46. The van der Waals surface area contributed by atoms with E-state index >= 15 is 0 Å². The molecule has 0 aliphatic rings. The zero-order valence-corrected chi connectivity index (χ0v) is 12.2. The van der Waals surface area contributed by atoms with E-state index in [0.29, 0.717) is 0 Å². The van der Waals surface area contributed by atoms with Gasteiger partial charge in [0.2, 0.25) is 0 Å². The van der Waals surface area contributed by atoms with Crippen molar-refractivity contribution >= 4 is 17.3 Å². The summed E-state index contributed by atoms with van der Waals surface area (Å²) in [5.74, 6) is -0.902. The second-order valence-corrected chi connectivity index (χ2v) is 4.86. The molecule has 0 aliphatic carbocycles. The van der Waals surface area contributed by atoms with Gasteiger partial charge in [0.05, 0.1) is 11.3 Å². The predicted molar refractivity (Wildman–Crippen MR) is 72.6 cm³/mol. The van der Waals surface area contributed by atoms with Crippen LogP contribution in [0, 0.1) is 10.1 Å². The van der Waals surface area contributed by atoms with Crippen LogP contribution in [0.15, 0.2) is 24.3 Å². The lowest BCUT2D eigenvalue weighted by Crippen LogP contribution is -2.49. The first-order valence-electron chi connectivity index (χ1n) is 6.15. The highest BCUT2D eigenvalue weighted by molar-refractivity contribution is 5.98. The van der Waals surface area contributed by atoms with Gasteiger partial charge in [0, 0.05) is 32.0 Å². The quantitative estimate of drug-likeness (QED) is 0.617. The van der Waals surface area contributed by atoms with E-state index in [1.54, 1.807) is 0 Å². The summed E-state index contributed by atoms with van der Waals surface area (Å²) in [6.45, 7) is 1.05. The molecule has 122 valence electrons. The summed E-state index contributed by atoms with van der Waals surface area (Å²) >= 11 is 0. The summed E-state index contributed by atoms with van der Waals surface area (Å²) in [6, 6.07) is 4.87. The van der Waals surface area contributed by atoms with Gasteiger partial charge in [-0.15, -0.1) is 0 Å². The molecule has 0 saturated carbocycles. The van der Waals surface area contributed by atoms with Gasteiger partial charge in [0.1, 0.15) is 0 Å². The molecule has 0 saturated heterocycles. The Balaban J connectivity index is 3.01. The topological polar surface area (TPSA) is 72.7 Å². The second kappa shape index (κ2) is 6.30. The Hall–Kier alpha value is -2.16. The third-order valence-electron chi connectivity index (χ3n) is 3.19. The molecule has 1 rings (SSSR count). The van der Waals surface area contributed by atoms with Crippen molar-refractivity contribution in [3.05, 3.63) is 34.4 Å². The van der Waals surface area contributed by atoms with E-state index in [4.69, 9.17) is 4.74 Å². The van der Waals surface area contributed by atoms with E-state index in [1.807, 2.05) is 0 Å². The number of non-ortho nitro benzene ring substituents is 1. The lowest BCUT2D eigenvalue weighted by atomic mass is 9.99. The maximum atomic E-state index is 12.6. The number of nitro benzene ring substituents is 1. The van der Waals surface area contributed by atoms with Crippen molar-refractivity contribution in [3.63, 3.8) is 0 Å². The summed E-state index contributed by atoms with van der Waals surface area (Å²) in [4.78, 5) is 23.2. The maximum Gasteiger partial charge on any atom is 0.392 e. The van der Waals surface area contributed by atoms with Crippen molar-refractivity contribution in [1.29, 1.82) is 0 Å². The number of likely N-dealkylation sites (N-methyl/N-ethyl adjacent to an activating group) is 1. The number of carbonyl (C=O) groups is 1. The molecular weight excluding hydrogens is 305 g/mol. The van der Waals surface area contributed by atoms with Crippen LogP contribution in [0.3, 0.4) is 0 Å². The van der Waals surface area contributed by atoms with Gasteiger partial charge < -0.3 is 9.64 Å². The number of hydrogen-bond donors (Lipinski definition) is 0. The average Bonchev–Trinajstić information content (AvgIpc) is 2.43. The minimum Gasteiger partial charge on any atom is -0.368 e. The Kier molecular flexibility index (Phi) is 5.13. The van der Waals surface area contributed by atoms with E-state index < -0.39 is 29.0 Å². The second-order valence-electron chi connectivity index (χ2n) is 4.86. The first-order valence-corrected chi connectivity index (χ1v) is 6.15. The fraction of sp³-hybridized carbons (Fsp3) is 0.462.